The number of amides is 1. The number of aryl methyl sites for hydroxylation is 1. The number of hydrogen-bond donors (Lipinski definition) is 0. The molecule has 3 rings (SSSR count). The Balaban J connectivity index is 1.79. The normalized spacial score (nSPS) is 10.6. The van der Waals surface area contributed by atoms with Crippen molar-refractivity contribution in [3.8, 4) is 0 Å². The summed E-state index contributed by atoms with van der Waals surface area (Å²) in [4.78, 5) is 20.0. The summed E-state index contributed by atoms with van der Waals surface area (Å²) >= 11 is 3.30. The molecule has 0 unspecified atom stereocenters. The molecule has 1 amide bonds. The van der Waals surface area contributed by atoms with Crippen molar-refractivity contribution in [3.63, 3.8) is 0 Å². The van der Waals surface area contributed by atoms with Gasteiger partial charge >= 0.3 is 0 Å². The van der Waals surface area contributed by atoms with Gasteiger partial charge in [-0.25, -0.2) is 4.98 Å². The fourth-order valence-corrected chi connectivity index (χ4v) is 4.00. The lowest BCUT2D eigenvalue weighted by molar-refractivity contribution is 0.0990. The van der Waals surface area contributed by atoms with Crippen molar-refractivity contribution in [2.24, 2.45) is 0 Å². The molecule has 24 heavy (non-hydrogen) atoms. The predicted octanol–water partition coefficient (Wildman–Crippen LogP) is 5.02. The van der Waals surface area contributed by atoms with Gasteiger partial charge < -0.3 is 4.90 Å². The fraction of sp³-hybridized carbons (Fsp3) is 0.158. The Kier molecular flexibility index (Phi) is 5.33. The standard InChI is InChI=1S/C19H18N2OS2/c1-14-20-15(12-23-14)13-24-18-11-7-6-10-17(18)19(22)21(2)16-8-4-3-5-9-16/h3-12H,13H2,1-2H3. The Morgan fingerprint density at radius 2 is 1.83 bits per heavy atom. The number of thiazole rings is 1. The summed E-state index contributed by atoms with van der Waals surface area (Å²) in [5.74, 6) is 0.766. The number of carbonyl (C=O) groups excluding carboxylic acids is 1. The Labute approximate surface area is 150 Å². The first kappa shape index (κ1) is 16.7. The van der Waals surface area contributed by atoms with Gasteiger partial charge in [0.1, 0.15) is 0 Å². The lowest BCUT2D eigenvalue weighted by Crippen LogP contribution is -2.26. The van der Waals surface area contributed by atoms with E-state index in [2.05, 4.69) is 10.4 Å². The van der Waals surface area contributed by atoms with E-state index in [0.29, 0.717) is 0 Å². The molecular formula is C19H18N2OS2. The van der Waals surface area contributed by atoms with E-state index >= 15 is 0 Å². The van der Waals surface area contributed by atoms with Crippen LogP contribution in [0.5, 0.6) is 0 Å². The van der Waals surface area contributed by atoms with E-state index in [1.807, 2.05) is 68.6 Å². The van der Waals surface area contributed by atoms with Crippen LogP contribution in [0.1, 0.15) is 21.1 Å². The van der Waals surface area contributed by atoms with E-state index in [1.165, 1.54) is 0 Å². The molecule has 2 aromatic carbocycles. The molecule has 0 aliphatic carbocycles. The molecule has 0 atom stereocenters. The van der Waals surface area contributed by atoms with Crippen LogP contribution in [-0.4, -0.2) is 17.9 Å². The number of carbonyl (C=O) groups is 1. The second-order valence-corrected chi connectivity index (χ2v) is 7.42. The van der Waals surface area contributed by atoms with Gasteiger partial charge in [-0.05, 0) is 31.2 Å². The number of hydrogen-bond acceptors (Lipinski definition) is 4. The average molecular weight is 354 g/mol. The molecule has 5 heteroatoms. The van der Waals surface area contributed by atoms with Crippen LogP contribution in [-0.2, 0) is 5.75 Å². The van der Waals surface area contributed by atoms with Gasteiger partial charge in [-0.15, -0.1) is 23.1 Å². The van der Waals surface area contributed by atoms with Gasteiger partial charge in [-0.1, -0.05) is 30.3 Å². The maximum Gasteiger partial charge on any atom is 0.259 e. The molecule has 0 saturated carbocycles. The van der Waals surface area contributed by atoms with Crippen molar-refractivity contribution in [1.82, 2.24) is 4.98 Å². The predicted molar refractivity (Wildman–Crippen MR) is 102 cm³/mol. The van der Waals surface area contributed by atoms with Gasteiger partial charge in [0.2, 0.25) is 0 Å². The quantitative estimate of drug-likeness (QED) is 0.603. The molecule has 1 heterocycles. The Morgan fingerprint density at radius 3 is 2.54 bits per heavy atom. The largest absolute Gasteiger partial charge is 0.311 e. The highest BCUT2D eigenvalue weighted by molar-refractivity contribution is 7.98. The smallest absolute Gasteiger partial charge is 0.259 e. The molecule has 0 aliphatic heterocycles. The molecule has 122 valence electrons. The van der Waals surface area contributed by atoms with Gasteiger partial charge in [0, 0.05) is 28.8 Å². The number of benzene rings is 2. The van der Waals surface area contributed by atoms with E-state index in [1.54, 1.807) is 28.0 Å². The van der Waals surface area contributed by atoms with Crippen molar-refractivity contribution in [2.45, 2.75) is 17.6 Å². The zero-order valence-electron chi connectivity index (χ0n) is 13.6. The summed E-state index contributed by atoms with van der Waals surface area (Å²) in [6.07, 6.45) is 0. The molecule has 0 N–H and O–H groups in total. The van der Waals surface area contributed by atoms with Gasteiger partial charge in [-0.3, -0.25) is 4.79 Å². The second kappa shape index (κ2) is 7.64. The Morgan fingerprint density at radius 1 is 1.12 bits per heavy atom. The van der Waals surface area contributed by atoms with Crippen molar-refractivity contribution < 1.29 is 4.79 Å². The van der Waals surface area contributed by atoms with Crippen molar-refractivity contribution in [3.05, 3.63) is 76.2 Å². The number of aromatic nitrogens is 1. The Hall–Kier alpha value is -2.11. The lowest BCUT2D eigenvalue weighted by atomic mass is 10.2. The fourth-order valence-electron chi connectivity index (χ4n) is 2.34. The minimum atomic E-state index is -0.00115. The summed E-state index contributed by atoms with van der Waals surface area (Å²) in [5.41, 5.74) is 2.67. The molecule has 0 fully saturated rings. The number of nitrogens with zero attached hydrogens (tertiary/aromatic N) is 2. The molecular weight excluding hydrogens is 336 g/mol. The first-order chi connectivity index (χ1) is 11.6. The molecule has 0 aliphatic rings. The lowest BCUT2D eigenvalue weighted by Gasteiger charge is -2.19. The summed E-state index contributed by atoms with van der Waals surface area (Å²) in [5, 5.41) is 3.14. The van der Waals surface area contributed by atoms with Crippen molar-refractivity contribution in [2.75, 3.05) is 11.9 Å². The third-order valence-electron chi connectivity index (χ3n) is 3.61. The Bertz CT molecular complexity index is 830. The van der Waals surface area contributed by atoms with Gasteiger partial charge in [0.05, 0.1) is 16.3 Å². The highest BCUT2D eigenvalue weighted by Crippen LogP contribution is 2.28. The van der Waals surface area contributed by atoms with Crippen LogP contribution in [0.4, 0.5) is 5.69 Å². The number of rotatable bonds is 5. The number of thioether (sulfide) groups is 1. The molecule has 0 radical (unpaired) electrons. The third kappa shape index (κ3) is 3.86. The topological polar surface area (TPSA) is 33.2 Å². The zero-order valence-corrected chi connectivity index (χ0v) is 15.2. The minimum Gasteiger partial charge on any atom is -0.311 e. The van der Waals surface area contributed by atoms with E-state index in [-0.39, 0.29) is 5.91 Å². The summed E-state index contributed by atoms with van der Waals surface area (Å²) in [6, 6.07) is 17.4. The van der Waals surface area contributed by atoms with Gasteiger partial charge in [0.15, 0.2) is 0 Å². The van der Waals surface area contributed by atoms with Crippen LogP contribution < -0.4 is 4.90 Å². The summed E-state index contributed by atoms with van der Waals surface area (Å²) in [6.45, 7) is 2.01. The van der Waals surface area contributed by atoms with Gasteiger partial charge in [-0.2, -0.15) is 0 Å². The zero-order chi connectivity index (χ0) is 16.9. The van der Waals surface area contributed by atoms with Crippen LogP contribution in [0.3, 0.4) is 0 Å². The van der Waals surface area contributed by atoms with Crippen LogP contribution in [0, 0.1) is 6.92 Å². The van der Waals surface area contributed by atoms with Crippen LogP contribution in [0.2, 0.25) is 0 Å². The summed E-state index contributed by atoms with van der Waals surface area (Å²) < 4.78 is 0. The number of anilines is 1. The first-order valence-corrected chi connectivity index (χ1v) is 9.47. The van der Waals surface area contributed by atoms with E-state index in [4.69, 9.17) is 0 Å². The first-order valence-electron chi connectivity index (χ1n) is 7.61. The highest BCUT2D eigenvalue weighted by Gasteiger charge is 2.17. The molecule has 0 saturated heterocycles. The highest BCUT2D eigenvalue weighted by atomic mass is 32.2. The van der Waals surface area contributed by atoms with Crippen LogP contribution in [0.15, 0.2) is 64.9 Å². The van der Waals surface area contributed by atoms with Crippen LogP contribution >= 0.6 is 23.1 Å². The average Bonchev–Trinajstić information content (AvgIpc) is 3.05. The molecule has 3 nitrogen and oxygen atoms in total. The second-order valence-electron chi connectivity index (χ2n) is 5.34. The number of para-hydroxylation sites is 1. The third-order valence-corrected chi connectivity index (χ3v) is 5.54. The maximum absolute atomic E-state index is 12.9. The molecule has 0 bridgehead atoms. The van der Waals surface area contributed by atoms with E-state index < -0.39 is 0 Å². The van der Waals surface area contributed by atoms with Gasteiger partial charge in [0.25, 0.3) is 5.91 Å². The van der Waals surface area contributed by atoms with Crippen LogP contribution in [0.25, 0.3) is 0 Å². The molecule has 0 spiro atoms. The maximum atomic E-state index is 12.9. The van der Waals surface area contributed by atoms with E-state index in [0.717, 1.165) is 32.6 Å². The molecule has 1 aromatic heterocycles. The minimum absolute atomic E-state index is 0.00115. The van der Waals surface area contributed by atoms with Crippen molar-refractivity contribution >= 4 is 34.7 Å². The molecule has 3 aromatic rings. The monoisotopic (exact) mass is 354 g/mol. The van der Waals surface area contributed by atoms with Crippen molar-refractivity contribution in [1.29, 1.82) is 0 Å². The SMILES string of the molecule is Cc1nc(CSc2ccccc2C(=O)N(C)c2ccccc2)cs1. The summed E-state index contributed by atoms with van der Waals surface area (Å²) in [7, 11) is 1.81. The van der Waals surface area contributed by atoms with E-state index in [9.17, 15) is 4.79 Å².